The van der Waals surface area contributed by atoms with Crippen molar-refractivity contribution in [1.82, 2.24) is 25.6 Å². The summed E-state index contributed by atoms with van der Waals surface area (Å²) >= 11 is 1.19. The highest BCUT2D eigenvalue weighted by atomic mass is 32.2. The number of carbonyl (C=O) groups excluding carboxylic acids is 2. The molecule has 0 saturated heterocycles. The van der Waals surface area contributed by atoms with E-state index in [1.165, 1.54) is 18.1 Å². The second-order valence-corrected chi connectivity index (χ2v) is 6.74. The van der Waals surface area contributed by atoms with Gasteiger partial charge in [-0.15, -0.1) is 11.8 Å². The number of carbonyl (C=O) groups is 3. The van der Waals surface area contributed by atoms with Gasteiger partial charge in [0.25, 0.3) is 11.8 Å². The zero-order chi connectivity index (χ0) is 19.9. The number of thioether (sulfide) groups is 1. The molecule has 1 atom stereocenters. The molecule has 3 aromatic rings. The van der Waals surface area contributed by atoms with Crippen LogP contribution in [0.2, 0.25) is 0 Å². The van der Waals surface area contributed by atoms with Crippen LogP contribution in [-0.4, -0.2) is 55.5 Å². The number of rotatable bonds is 8. The Hall–Kier alpha value is -3.40. The summed E-state index contributed by atoms with van der Waals surface area (Å²) in [5, 5.41) is 15.0. The Morgan fingerprint density at radius 1 is 1.11 bits per heavy atom. The van der Waals surface area contributed by atoms with Crippen molar-refractivity contribution in [2.45, 2.75) is 6.04 Å². The molecule has 28 heavy (non-hydrogen) atoms. The largest absolute Gasteiger partial charge is 0.480 e. The number of nitrogens with one attached hydrogen (secondary N) is 3. The van der Waals surface area contributed by atoms with Gasteiger partial charge in [0.15, 0.2) is 0 Å². The van der Waals surface area contributed by atoms with Gasteiger partial charge in [-0.25, -0.2) is 14.8 Å². The normalized spacial score (nSPS) is 11.7. The number of aromatic nitrogens is 3. The van der Waals surface area contributed by atoms with Crippen LogP contribution in [0.1, 0.15) is 20.8 Å². The summed E-state index contributed by atoms with van der Waals surface area (Å²) in [6, 6.07) is 9.21. The van der Waals surface area contributed by atoms with Crippen molar-refractivity contribution in [3.8, 4) is 0 Å². The van der Waals surface area contributed by atoms with Gasteiger partial charge in [-0.3, -0.25) is 9.59 Å². The molecule has 10 heteroatoms. The number of aromatic amines is 1. The topological polar surface area (TPSA) is 137 Å². The van der Waals surface area contributed by atoms with Crippen molar-refractivity contribution < 1.29 is 19.5 Å². The van der Waals surface area contributed by atoms with E-state index in [0.29, 0.717) is 16.6 Å². The van der Waals surface area contributed by atoms with Crippen molar-refractivity contribution in [2.24, 2.45) is 0 Å². The van der Waals surface area contributed by atoms with Gasteiger partial charge in [-0.05, 0) is 18.2 Å². The van der Waals surface area contributed by atoms with Crippen LogP contribution in [0.15, 0.2) is 48.9 Å². The fourth-order valence-corrected chi connectivity index (χ4v) is 3.25. The predicted molar refractivity (Wildman–Crippen MR) is 104 cm³/mol. The van der Waals surface area contributed by atoms with Crippen LogP contribution in [0.3, 0.4) is 0 Å². The lowest BCUT2D eigenvalue weighted by Gasteiger charge is -2.14. The molecule has 0 unspecified atom stereocenters. The lowest BCUT2D eigenvalue weighted by atomic mass is 10.2. The highest BCUT2D eigenvalue weighted by Gasteiger charge is 2.23. The molecule has 0 aliphatic rings. The first kappa shape index (κ1) is 19.4. The van der Waals surface area contributed by atoms with Crippen molar-refractivity contribution in [2.75, 3.05) is 11.6 Å². The summed E-state index contributed by atoms with van der Waals surface area (Å²) < 4.78 is 0. The number of hydrogen-bond donors (Lipinski definition) is 4. The quantitative estimate of drug-likeness (QED) is 0.330. The van der Waals surface area contributed by atoms with Crippen LogP contribution in [0.5, 0.6) is 0 Å². The van der Waals surface area contributed by atoms with E-state index in [9.17, 15) is 19.5 Å². The number of aliphatic carboxylic acids is 1. The number of amides is 2. The molecule has 0 aliphatic carbocycles. The average molecular weight is 399 g/mol. The lowest BCUT2D eigenvalue weighted by molar-refractivity contribution is -0.138. The highest BCUT2D eigenvalue weighted by molar-refractivity contribution is 7.99. The molecule has 0 saturated carbocycles. The minimum Gasteiger partial charge on any atom is -0.480 e. The van der Waals surface area contributed by atoms with E-state index in [4.69, 9.17) is 0 Å². The Labute approximate surface area is 164 Å². The Bertz CT molecular complexity index is 992. The van der Waals surface area contributed by atoms with Crippen molar-refractivity contribution in [3.63, 3.8) is 0 Å². The maximum Gasteiger partial charge on any atom is 0.327 e. The van der Waals surface area contributed by atoms with Crippen molar-refractivity contribution >= 4 is 40.6 Å². The summed E-state index contributed by atoms with van der Waals surface area (Å²) in [6.45, 7) is 0. The van der Waals surface area contributed by atoms with E-state index in [-0.39, 0.29) is 23.2 Å². The van der Waals surface area contributed by atoms with Gasteiger partial charge in [0, 0.05) is 17.5 Å². The fraction of sp³-hybridized carbons (Fsp3) is 0.167. The zero-order valence-corrected chi connectivity index (χ0v) is 15.4. The van der Waals surface area contributed by atoms with Crippen LogP contribution < -0.4 is 10.6 Å². The van der Waals surface area contributed by atoms with E-state index >= 15 is 0 Å². The standard InChI is InChI=1S/C18H17N5O4S/c24-16(11-4-2-1-3-5-11)22-10-28-8-13(18(26)27)23-17(25)14-12-6-7-19-15(12)21-9-20-14/h1-7,9,13H,8,10H2,(H,22,24)(H,23,25)(H,26,27)(H,19,20,21)/t13-/m1/s1. The molecule has 2 amide bonds. The SMILES string of the molecule is O=C(NCSC[C@@H](NC(=O)c1ncnc2[nH]ccc12)C(=O)O)c1ccccc1. The highest BCUT2D eigenvalue weighted by Crippen LogP contribution is 2.13. The molecular formula is C18H17N5O4S. The van der Waals surface area contributed by atoms with Gasteiger partial charge in [0.05, 0.1) is 11.3 Å². The van der Waals surface area contributed by atoms with E-state index in [2.05, 4.69) is 25.6 Å². The molecule has 2 aromatic heterocycles. The summed E-state index contributed by atoms with van der Waals surface area (Å²) in [5.41, 5.74) is 1.11. The molecular weight excluding hydrogens is 382 g/mol. The molecule has 0 spiro atoms. The van der Waals surface area contributed by atoms with Gasteiger partial charge in [-0.1, -0.05) is 18.2 Å². The number of nitrogens with zero attached hydrogens (tertiary/aromatic N) is 2. The second kappa shape index (κ2) is 9.00. The number of H-pyrrole nitrogens is 1. The maximum absolute atomic E-state index is 12.4. The Morgan fingerprint density at radius 3 is 2.64 bits per heavy atom. The van der Waals surface area contributed by atoms with Gasteiger partial charge in [0.1, 0.15) is 23.7 Å². The second-order valence-electron chi connectivity index (χ2n) is 5.71. The van der Waals surface area contributed by atoms with Gasteiger partial charge in [-0.2, -0.15) is 0 Å². The van der Waals surface area contributed by atoms with Crippen molar-refractivity contribution in [1.29, 1.82) is 0 Å². The first-order valence-corrected chi connectivity index (χ1v) is 9.44. The van der Waals surface area contributed by atoms with Crippen LogP contribution in [-0.2, 0) is 4.79 Å². The number of carboxylic acid groups (broad SMARTS) is 1. The van der Waals surface area contributed by atoms with Crippen molar-refractivity contribution in [3.05, 3.63) is 60.2 Å². The first-order valence-electron chi connectivity index (χ1n) is 8.29. The molecule has 9 nitrogen and oxygen atoms in total. The Kier molecular flexibility index (Phi) is 6.22. The van der Waals surface area contributed by atoms with Gasteiger partial charge in [0.2, 0.25) is 0 Å². The first-order chi connectivity index (χ1) is 13.6. The average Bonchev–Trinajstić information content (AvgIpc) is 3.19. The summed E-state index contributed by atoms with van der Waals surface area (Å²) in [5.74, 6) is -1.73. The molecule has 144 valence electrons. The minimum absolute atomic E-state index is 0.0809. The third kappa shape index (κ3) is 4.65. The fourth-order valence-electron chi connectivity index (χ4n) is 2.44. The number of fused-ring (bicyclic) bond motifs is 1. The van der Waals surface area contributed by atoms with E-state index in [1.807, 2.05) is 6.07 Å². The van der Waals surface area contributed by atoms with Crippen LogP contribution in [0.4, 0.5) is 0 Å². The Balaban J connectivity index is 1.54. The zero-order valence-electron chi connectivity index (χ0n) is 14.6. The minimum atomic E-state index is -1.17. The van der Waals surface area contributed by atoms with Gasteiger partial charge >= 0.3 is 5.97 Å². The number of benzene rings is 1. The third-order valence-electron chi connectivity index (χ3n) is 3.83. The molecule has 0 radical (unpaired) electrons. The van der Waals surface area contributed by atoms with Gasteiger partial charge < -0.3 is 20.7 Å². The third-order valence-corrected chi connectivity index (χ3v) is 4.75. The maximum atomic E-state index is 12.4. The van der Waals surface area contributed by atoms with E-state index in [0.717, 1.165) is 0 Å². The summed E-state index contributed by atoms with van der Waals surface area (Å²) in [4.78, 5) is 46.7. The smallest absolute Gasteiger partial charge is 0.327 e. The molecule has 1 aromatic carbocycles. The molecule has 4 N–H and O–H groups in total. The summed E-state index contributed by atoms with van der Waals surface area (Å²) in [6.07, 6.45) is 2.85. The monoisotopic (exact) mass is 399 g/mol. The van der Waals surface area contributed by atoms with Crippen LogP contribution in [0.25, 0.3) is 11.0 Å². The molecule has 0 bridgehead atoms. The van der Waals surface area contributed by atoms with Crippen LogP contribution >= 0.6 is 11.8 Å². The molecule has 3 rings (SSSR count). The van der Waals surface area contributed by atoms with E-state index < -0.39 is 17.9 Å². The molecule has 0 fully saturated rings. The van der Waals surface area contributed by atoms with Crippen LogP contribution in [0, 0.1) is 0 Å². The number of hydrogen-bond acceptors (Lipinski definition) is 6. The summed E-state index contributed by atoms with van der Waals surface area (Å²) in [7, 11) is 0. The molecule has 2 heterocycles. The number of carboxylic acids is 1. The Morgan fingerprint density at radius 2 is 1.89 bits per heavy atom. The van der Waals surface area contributed by atoms with E-state index in [1.54, 1.807) is 36.5 Å². The predicted octanol–water partition coefficient (Wildman–Crippen LogP) is 1.26. The molecule has 0 aliphatic heterocycles. The lowest BCUT2D eigenvalue weighted by Crippen LogP contribution is -2.43.